The molecule has 1 aromatic heterocycles. The van der Waals surface area contributed by atoms with E-state index in [-0.39, 0.29) is 28.2 Å². The molecule has 2 aliphatic heterocycles. The molecule has 1 fully saturated rings. The van der Waals surface area contributed by atoms with E-state index in [2.05, 4.69) is 18.8 Å². The minimum absolute atomic E-state index is 0.0591. The average molecular weight is 519 g/mol. The van der Waals surface area contributed by atoms with Crippen LogP contribution < -0.4 is 14.4 Å². The van der Waals surface area contributed by atoms with Crippen molar-refractivity contribution in [1.82, 2.24) is 4.98 Å². The number of hydrogen-bond donors (Lipinski definition) is 1. The van der Waals surface area contributed by atoms with E-state index in [9.17, 15) is 19.5 Å². The van der Waals surface area contributed by atoms with Gasteiger partial charge in [0, 0.05) is 12.5 Å². The van der Waals surface area contributed by atoms with Gasteiger partial charge >= 0.3 is 5.91 Å². The lowest BCUT2D eigenvalue weighted by Gasteiger charge is -2.24. The number of aliphatic hydroxyl groups is 1. The van der Waals surface area contributed by atoms with Crippen molar-refractivity contribution in [3.8, 4) is 11.5 Å². The highest BCUT2D eigenvalue weighted by molar-refractivity contribution is 7.18. The van der Waals surface area contributed by atoms with Crippen LogP contribution in [0.2, 0.25) is 0 Å². The third-order valence-corrected chi connectivity index (χ3v) is 7.75. The quantitative estimate of drug-likeness (QED) is 0.215. The van der Waals surface area contributed by atoms with Crippen molar-refractivity contribution in [3.05, 3.63) is 75.3 Å². The molecule has 2 aliphatic rings. The molecule has 0 spiro atoms. The van der Waals surface area contributed by atoms with Gasteiger partial charge in [-0.15, -0.1) is 0 Å². The number of ketones is 2. The number of anilines is 1. The lowest BCUT2D eigenvalue weighted by molar-refractivity contribution is -0.132. The first-order valence-corrected chi connectivity index (χ1v) is 12.8. The molecule has 1 amide bonds. The molecule has 37 heavy (non-hydrogen) atoms. The second-order valence-electron chi connectivity index (χ2n) is 9.32. The number of Topliss-reactive ketones (excluding diaryl/α,β-unsaturated/α-hetero) is 2. The van der Waals surface area contributed by atoms with E-state index in [4.69, 9.17) is 9.47 Å². The summed E-state index contributed by atoms with van der Waals surface area (Å²) in [5.74, 6) is -0.868. The first kappa shape index (κ1) is 24.7. The van der Waals surface area contributed by atoms with Crippen LogP contribution in [0.15, 0.2) is 48.0 Å². The van der Waals surface area contributed by atoms with Crippen LogP contribution in [0.5, 0.6) is 11.5 Å². The van der Waals surface area contributed by atoms with Crippen molar-refractivity contribution in [2.75, 3.05) is 18.1 Å². The zero-order chi connectivity index (χ0) is 26.4. The van der Waals surface area contributed by atoms with E-state index in [1.54, 1.807) is 25.1 Å². The molecule has 1 saturated heterocycles. The maximum Gasteiger partial charge on any atom is 0.301 e. The Balaban J connectivity index is 1.69. The number of carbonyl (C=O) groups is 3. The number of rotatable bonds is 5. The van der Waals surface area contributed by atoms with E-state index >= 15 is 0 Å². The Labute approximate surface area is 218 Å². The summed E-state index contributed by atoms with van der Waals surface area (Å²) in [5, 5.41) is 11.6. The number of amides is 1. The highest BCUT2D eigenvalue weighted by Gasteiger charge is 2.48. The molecular formula is C28H26N2O6S. The minimum Gasteiger partial charge on any atom is -0.507 e. The third-order valence-electron chi connectivity index (χ3n) is 6.49. The predicted octanol–water partition coefficient (Wildman–Crippen LogP) is 5.18. The smallest absolute Gasteiger partial charge is 0.301 e. The number of fused-ring (bicyclic) bond motifs is 1. The maximum absolute atomic E-state index is 13.4. The molecule has 0 bridgehead atoms. The Hall–Kier alpha value is -3.98. The zero-order valence-corrected chi connectivity index (χ0v) is 21.7. The number of thiazole rings is 1. The number of aryl methyl sites for hydroxylation is 1. The minimum atomic E-state index is -0.931. The van der Waals surface area contributed by atoms with Gasteiger partial charge in [-0.1, -0.05) is 49.4 Å². The lowest BCUT2D eigenvalue weighted by atomic mass is 9.93. The fourth-order valence-corrected chi connectivity index (χ4v) is 5.56. The highest BCUT2D eigenvalue weighted by Crippen LogP contribution is 2.45. The normalized spacial score (nSPS) is 18.5. The van der Waals surface area contributed by atoms with E-state index in [1.807, 2.05) is 24.3 Å². The van der Waals surface area contributed by atoms with Gasteiger partial charge in [-0.3, -0.25) is 19.3 Å². The summed E-state index contributed by atoms with van der Waals surface area (Å²) in [5.41, 5.74) is 2.48. The van der Waals surface area contributed by atoms with Gasteiger partial charge in [-0.25, -0.2) is 4.98 Å². The van der Waals surface area contributed by atoms with Crippen LogP contribution in [0.4, 0.5) is 5.13 Å². The molecule has 0 aliphatic carbocycles. The Bertz CT molecular complexity index is 1450. The summed E-state index contributed by atoms with van der Waals surface area (Å²) >= 11 is 1.06. The average Bonchev–Trinajstić information content (AvgIpc) is 3.40. The van der Waals surface area contributed by atoms with Crippen molar-refractivity contribution in [1.29, 1.82) is 0 Å². The van der Waals surface area contributed by atoms with Gasteiger partial charge in [0.15, 0.2) is 22.4 Å². The van der Waals surface area contributed by atoms with Gasteiger partial charge < -0.3 is 14.6 Å². The highest BCUT2D eigenvalue weighted by atomic mass is 32.1. The second-order valence-corrected chi connectivity index (χ2v) is 10.3. The molecule has 1 atom stereocenters. The van der Waals surface area contributed by atoms with Crippen molar-refractivity contribution in [2.45, 2.75) is 39.7 Å². The molecular weight excluding hydrogens is 492 g/mol. The summed E-state index contributed by atoms with van der Waals surface area (Å²) in [7, 11) is 0. The summed E-state index contributed by atoms with van der Waals surface area (Å²) < 4.78 is 11.2. The number of nitrogens with zero attached hydrogens (tertiary/aromatic N) is 2. The molecule has 190 valence electrons. The van der Waals surface area contributed by atoms with E-state index < -0.39 is 17.7 Å². The van der Waals surface area contributed by atoms with Gasteiger partial charge in [-0.2, -0.15) is 0 Å². The molecule has 9 heteroatoms. The van der Waals surface area contributed by atoms with E-state index in [0.717, 1.165) is 16.9 Å². The lowest BCUT2D eigenvalue weighted by Crippen LogP contribution is -2.29. The summed E-state index contributed by atoms with van der Waals surface area (Å²) in [6, 6.07) is 11.5. The fraction of sp³-hybridized carbons (Fsp3) is 0.286. The first-order valence-electron chi connectivity index (χ1n) is 12.0. The van der Waals surface area contributed by atoms with Gasteiger partial charge in [0.05, 0.1) is 22.2 Å². The number of aromatic nitrogens is 1. The summed E-state index contributed by atoms with van der Waals surface area (Å²) in [6.07, 6.45) is 0. The van der Waals surface area contributed by atoms with Gasteiger partial charge in [0.1, 0.15) is 19.0 Å². The summed E-state index contributed by atoms with van der Waals surface area (Å²) in [6.45, 7) is 8.06. The van der Waals surface area contributed by atoms with E-state index in [0.29, 0.717) is 46.4 Å². The molecule has 1 unspecified atom stereocenters. The summed E-state index contributed by atoms with van der Waals surface area (Å²) in [4.78, 5) is 45.1. The Kier molecular flexibility index (Phi) is 6.33. The van der Waals surface area contributed by atoms with Crippen LogP contribution in [0.1, 0.15) is 64.8 Å². The van der Waals surface area contributed by atoms with Crippen molar-refractivity contribution >= 4 is 39.7 Å². The van der Waals surface area contributed by atoms with Crippen LogP contribution in [-0.2, 0) is 9.59 Å². The Morgan fingerprint density at radius 1 is 1.08 bits per heavy atom. The predicted molar refractivity (Wildman–Crippen MR) is 140 cm³/mol. The Morgan fingerprint density at radius 3 is 2.38 bits per heavy atom. The van der Waals surface area contributed by atoms with Gasteiger partial charge in [0.2, 0.25) is 0 Å². The largest absolute Gasteiger partial charge is 0.507 e. The van der Waals surface area contributed by atoms with Crippen molar-refractivity contribution < 1.29 is 29.0 Å². The molecule has 5 rings (SSSR count). The van der Waals surface area contributed by atoms with Gasteiger partial charge in [0.25, 0.3) is 5.78 Å². The number of benzene rings is 2. The van der Waals surface area contributed by atoms with Crippen LogP contribution in [0, 0.1) is 6.92 Å². The van der Waals surface area contributed by atoms with Crippen molar-refractivity contribution in [3.63, 3.8) is 0 Å². The first-order chi connectivity index (χ1) is 17.7. The third kappa shape index (κ3) is 4.29. The molecule has 1 N–H and O–H groups in total. The number of ether oxygens (including phenoxy) is 2. The number of aliphatic hydroxyl groups excluding tert-OH is 1. The van der Waals surface area contributed by atoms with Gasteiger partial charge in [-0.05, 0) is 42.2 Å². The molecule has 8 nitrogen and oxygen atoms in total. The van der Waals surface area contributed by atoms with E-state index in [1.165, 1.54) is 11.8 Å². The van der Waals surface area contributed by atoms with Crippen molar-refractivity contribution in [2.24, 2.45) is 0 Å². The molecule has 0 saturated carbocycles. The maximum atomic E-state index is 13.4. The number of carbonyl (C=O) groups excluding carboxylic acids is 3. The van der Waals surface area contributed by atoms with Crippen LogP contribution in [0.25, 0.3) is 5.76 Å². The van der Waals surface area contributed by atoms with Crippen LogP contribution in [0.3, 0.4) is 0 Å². The molecule has 3 aromatic rings. The molecule has 2 aromatic carbocycles. The second kappa shape index (κ2) is 9.48. The zero-order valence-electron chi connectivity index (χ0n) is 20.9. The number of hydrogen-bond acceptors (Lipinski definition) is 8. The molecule has 3 heterocycles. The van der Waals surface area contributed by atoms with Crippen LogP contribution >= 0.6 is 11.3 Å². The monoisotopic (exact) mass is 518 g/mol. The molecule has 0 radical (unpaired) electrons. The Morgan fingerprint density at radius 2 is 1.76 bits per heavy atom. The standard InChI is InChI=1S/C28H26N2O6S/c1-14(2)17-5-7-18(8-6-17)23-22(24(32)19-9-10-20-21(13-19)36-12-11-35-20)25(33)27(34)30(23)28-29-15(3)26(37-28)16(4)31/h5-10,13-14,23,32H,11-12H2,1-4H3. The topological polar surface area (TPSA) is 106 Å². The SMILES string of the molecule is CC(=O)c1sc(N2C(=O)C(=O)C(=C(O)c3ccc4c(c3)OCCO4)C2c2ccc(C(C)C)cc2)nc1C. The van der Waals surface area contributed by atoms with Crippen LogP contribution in [-0.4, -0.2) is 40.8 Å². The fourth-order valence-electron chi connectivity index (χ4n) is 4.57.